The van der Waals surface area contributed by atoms with Crippen molar-refractivity contribution in [1.82, 2.24) is 0 Å². The highest BCUT2D eigenvalue weighted by Gasteiger charge is 2.45. The van der Waals surface area contributed by atoms with Crippen LogP contribution in [-0.2, 0) is 62.2 Å². The first-order valence-corrected chi connectivity index (χ1v) is 27.7. The molecule has 3 aliphatic rings. The van der Waals surface area contributed by atoms with Crippen molar-refractivity contribution < 1.29 is 66.5 Å². The van der Waals surface area contributed by atoms with Gasteiger partial charge in [-0.2, -0.15) is 29.8 Å². The SMILES string of the molecule is CC1(C)C(=CC=C2CCCC(C=CC3=[N+](CCCS(=O)(=O)O)c4ccc(S(C)(=O)=O)cc4C3(C)C)=C2Oc2ccc(CCC(=O)O)cc2)N(CCCS(=O)(=O)O)c2ccc(S(=O)(=O)O)cc21. The zero-order chi connectivity index (χ0) is 48.6. The molecule has 0 fully saturated rings. The first kappa shape index (κ1) is 50.5. The van der Waals surface area contributed by atoms with Crippen LogP contribution in [0.1, 0.15) is 82.9 Å². The first-order valence-electron chi connectivity index (χ1n) is 21.2. The summed E-state index contributed by atoms with van der Waals surface area (Å²) in [5, 5.41) is 9.22. The van der Waals surface area contributed by atoms with E-state index in [1.165, 1.54) is 18.2 Å². The number of ether oxygens (including phenoxy) is 1. The molecule has 20 heteroatoms. The molecule has 0 aromatic heterocycles. The molecule has 0 saturated heterocycles. The van der Waals surface area contributed by atoms with Crippen molar-refractivity contribution in [3.63, 3.8) is 0 Å². The third kappa shape index (κ3) is 11.8. The number of anilines is 1. The number of carbonyl (C=O) groups is 1. The summed E-state index contributed by atoms with van der Waals surface area (Å²) in [7, 11) is -16.7. The maximum absolute atomic E-state index is 12.7. The molecule has 6 rings (SSSR count). The summed E-state index contributed by atoms with van der Waals surface area (Å²) in [5.41, 5.74) is 4.69. The van der Waals surface area contributed by atoms with Crippen LogP contribution >= 0.6 is 0 Å². The number of nitrogens with zero attached hydrogens (tertiary/aromatic N) is 2. The molecular formula is C46H55N2O14S4+. The predicted molar refractivity (Wildman–Crippen MR) is 250 cm³/mol. The summed E-state index contributed by atoms with van der Waals surface area (Å²) < 4.78 is 134. The molecule has 0 unspecified atom stereocenters. The van der Waals surface area contributed by atoms with E-state index in [0.29, 0.717) is 65.4 Å². The normalized spacial score (nSPS) is 18.7. The maximum atomic E-state index is 12.7. The quantitative estimate of drug-likeness (QED) is 0.0742. The molecular weight excluding hydrogens is 933 g/mol. The Bertz CT molecular complexity index is 3050. The second-order valence-corrected chi connectivity index (χ2v) is 24.3. The fourth-order valence-corrected chi connectivity index (χ4v) is 10.9. The number of aryl methyl sites for hydroxylation is 1. The largest absolute Gasteiger partial charge is 0.481 e. The van der Waals surface area contributed by atoms with E-state index in [-0.39, 0.29) is 42.1 Å². The van der Waals surface area contributed by atoms with Crippen LogP contribution in [0.15, 0.2) is 117 Å². The van der Waals surface area contributed by atoms with Gasteiger partial charge in [0.2, 0.25) is 5.69 Å². The highest BCUT2D eigenvalue weighted by molar-refractivity contribution is 7.90. The minimum Gasteiger partial charge on any atom is -0.481 e. The van der Waals surface area contributed by atoms with Gasteiger partial charge in [0.15, 0.2) is 15.5 Å². The van der Waals surface area contributed by atoms with Gasteiger partial charge in [-0.25, -0.2) is 8.42 Å². The number of fused-ring (bicyclic) bond motifs is 2. The van der Waals surface area contributed by atoms with Crippen LogP contribution in [0, 0.1) is 0 Å². The van der Waals surface area contributed by atoms with Crippen LogP contribution in [0.25, 0.3) is 0 Å². The Kier molecular flexibility index (Phi) is 14.5. The Morgan fingerprint density at radius 1 is 0.773 bits per heavy atom. The number of hydrogen-bond donors (Lipinski definition) is 4. The summed E-state index contributed by atoms with van der Waals surface area (Å²) in [4.78, 5) is 12.9. The topological polar surface area (TPSA) is 250 Å². The fraction of sp³-hybridized carbons (Fsp3) is 0.391. The van der Waals surface area contributed by atoms with E-state index in [1.54, 1.807) is 42.5 Å². The molecule has 0 saturated carbocycles. The summed E-state index contributed by atoms with van der Waals surface area (Å²) in [6, 6.07) is 16.1. The number of carboxylic acids is 1. The van der Waals surface area contributed by atoms with E-state index in [4.69, 9.17) is 4.74 Å². The monoisotopic (exact) mass is 987 g/mol. The highest BCUT2D eigenvalue weighted by atomic mass is 32.2. The van der Waals surface area contributed by atoms with Gasteiger partial charge in [-0.1, -0.05) is 32.1 Å². The smallest absolute Gasteiger partial charge is 0.303 e. The minimum absolute atomic E-state index is 0.0371. The number of carboxylic acid groups (broad SMARTS) is 1. The zero-order valence-electron chi connectivity index (χ0n) is 37.3. The van der Waals surface area contributed by atoms with Gasteiger partial charge in [0.1, 0.15) is 18.1 Å². The molecule has 0 atom stereocenters. The van der Waals surface area contributed by atoms with E-state index < -0.39 is 68.5 Å². The summed E-state index contributed by atoms with van der Waals surface area (Å²) in [6.07, 6.45) is 10.9. The molecule has 0 radical (unpaired) electrons. The van der Waals surface area contributed by atoms with Crippen molar-refractivity contribution in [2.75, 3.05) is 35.8 Å². The third-order valence-corrected chi connectivity index (χ3v) is 15.7. The van der Waals surface area contributed by atoms with Crippen LogP contribution < -0.4 is 9.64 Å². The van der Waals surface area contributed by atoms with E-state index in [0.717, 1.165) is 28.7 Å². The Hall–Kier alpha value is -4.96. The second-order valence-electron chi connectivity index (χ2n) is 17.7. The van der Waals surface area contributed by atoms with Crippen LogP contribution in [0.3, 0.4) is 0 Å². The Labute approximate surface area is 386 Å². The van der Waals surface area contributed by atoms with Gasteiger partial charge in [-0.3, -0.25) is 18.5 Å². The van der Waals surface area contributed by atoms with Gasteiger partial charge in [-0.05, 0) is 123 Å². The van der Waals surface area contributed by atoms with E-state index in [9.17, 15) is 57.2 Å². The van der Waals surface area contributed by atoms with E-state index in [1.807, 2.05) is 61.5 Å². The zero-order valence-corrected chi connectivity index (χ0v) is 40.5. The lowest BCUT2D eigenvalue weighted by molar-refractivity contribution is -0.437. The minimum atomic E-state index is -4.57. The van der Waals surface area contributed by atoms with Crippen molar-refractivity contribution in [2.45, 2.75) is 93.3 Å². The van der Waals surface area contributed by atoms with Gasteiger partial charge in [0.25, 0.3) is 30.4 Å². The van der Waals surface area contributed by atoms with Gasteiger partial charge >= 0.3 is 5.97 Å². The standard InChI is InChI=1S/C46H54N2O14S4/c1-45(2)37-29-35(63(5,51)52)18-20-39(37)47(25-7-27-64(53,54)55)41(45)22-14-32-9-6-10-33(44(32)62-34-16-11-31(12-17-34)13-24-43(49)50)15-23-42-46(3,4)38-30-36(66(59,60)61)19-21-40(38)48(42)26-8-28-65(56,57)58/h11-12,14-23,29-30H,6-10,13,24-28H2,1-5H3,(H3-,49,50,53,54,55,56,57,58,59,60,61)/p+1. The lowest BCUT2D eigenvalue weighted by Gasteiger charge is -2.27. The van der Waals surface area contributed by atoms with Crippen LogP contribution in [0.4, 0.5) is 11.4 Å². The summed E-state index contributed by atoms with van der Waals surface area (Å²) >= 11 is 0. The van der Waals surface area contributed by atoms with Gasteiger partial charge in [0.05, 0.1) is 26.7 Å². The Balaban J connectivity index is 1.49. The van der Waals surface area contributed by atoms with Crippen molar-refractivity contribution in [2.24, 2.45) is 0 Å². The summed E-state index contributed by atoms with van der Waals surface area (Å²) in [6.45, 7) is 7.96. The van der Waals surface area contributed by atoms with E-state index >= 15 is 0 Å². The molecule has 0 amide bonds. The van der Waals surface area contributed by atoms with Crippen LogP contribution in [0.5, 0.6) is 5.75 Å². The molecule has 16 nitrogen and oxygen atoms in total. The molecule has 3 aromatic rings. The molecule has 4 N–H and O–H groups in total. The van der Waals surface area contributed by atoms with Crippen molar-refractivity contribution in [3.05, 3.63) is 124 Å². The predicted octanol–water partition coefficient (Wildman–Crippen LogP) is 6.97. The number of hydrogen-bond acceptors (Lipinski definition) is 11. The Morgan fingerprint density at radius 3 is 2.03 bits per heavy atom. The summed E-state index contributed by atoms with van der Waals surface area (Å²) in [5.74, 6) is -0.943. The number of rotatable bonds is 18. The van der Waals surface area contributed by atoms with Crippen LogP contribution in [0.2, 0.25) is 0 Å². The molecule has 66 heavy (non-hydrogen) atoms. The van der Waals surface area contributed by atoms with Crippen LogP contribution in [-0.4, -0.2) is 99.5 Å². The Morgan fingerprint density at radius 2 is 1.41 bits per heavy atom. The lowest BCUT2D eigenvalue weighted by atomic mass is 9.81. The number of aliphatic carboxylic acids is 1. The van der Waals surface area contributed by atoms with Crippen molar-refractivity contribution in [1.29, 1.82) is 0 Å². The fourth-order valence-electron chi connectivity index (χ4n) is 8.80. The highest BCUT2D eigenvalue weighted by Crippen LogP contribution is 2.49. The molecule has 0 bridgehead atoms. The molecule has 3 aromatic carbocycles. The molecule has 1 aliphatic carbocycles. The molecule has 2 aliphatic heterocycles. The van der Waals surface area contributed by atoms with Gasteiger partial charge in [-0.15, -0.1) is 0 Å². The molecule has 0 spiro atoms. The van der Waals surface area contributed by atoms with Crippen molar-refractivity contribution in [3.8, 4) is 5.75 Å². The van der Waals surface area contributed by atoms with Gasteiger partial charge < -0.3 is 14.7 Å². The van der Waals surface area contributed by atoms with Gasteiger partial charge in [0, 0.05) is 60.1 Å². The number of benzene rings is 3. The molecule has 356 valence electrons. The average Bonchev–Trinajstić information content (AvgIpc) is 3.55. The van der Waals surface area contributed by atoms with E-state index in [2.05, 4.69) is 0 Å². The van der Waals surface area contributed by atoms with Crippen molar-refractivity contribution >= 4 is 63.2 Å². The third-order valence-electron chi connectivity index (χ3n) is 12.2. The number of sulfone groups is 1. The first-order chi connectivity index (χ1) is 30.6. The molecule has 2 heterocycles. The second kappa shape index (κ2) is 19.0. The average molecular weight is 988 g/mol. The number of allylic oxidation sites excluding steroid dienone is 7. The lowest BCUT2D eigenvalue weighted by Crippen LogP contribution is -2.28. The maximum Gasteiger partial charge on any atom is 0.303 e.